The van der Waals surface area contributed by atoms with Crippen LogP contribution in [0.25, 0.3) is 77.5 Å². The first-order valence-corrected chi connectivity index (χ1v) is 18.3. The molecule has 54 heavy (non-hydrogen) atoms. The maximum absolute atomic E-state index is 6.90. The molecule has 1 aromatic heterocycles. The van der Waals surface area contributed by atoms with Gasteiger partial charge < -0.3 is 9.32 Å². The fourth-order valence-corrected chi connectivity index (χ4v) is 7.66. The molecule has 0 unspecified atom stereocenters. The zero-order chi connectivity index (χ0) is 35.8. The van der Waals surface area contributed by atoms with Crippen LogP contribution in [0.3, 0.4) is 0 Å². The number of benzene rings is 9. The number of hydrogen-bond acceptors (Lipinski definition) is 3. The molecule has 0 aliphatic heterocycles. The molecule has 254 valence electrons. The minimum absolute atomic E-state index is 0.588. The molecule has 0 atom stereocenters. The summed E-state index contributed by atoms with van der Waals surface area (Å²) in [4.78, 5) is 7.54. The molecule has 3 nitrogen and oxygen atoms in total. The predicted molar refractivity (Wildman–Crippen MR) is 225 cm³/mol. The Morgan fingerprint density at radius 2 is 0.907 bits per heavy atom. The van der Waals surface area contributed by atoms with Gasteiger partial charge in [-0.2, -0.15) is 0 Å². The number of nitrogens with zero attached hydrogens (tertiary/aromatic N) is 2. The van der Waals surface area contributed by atoms with Crippen LogP contribution in [-0.2, 0) is 0 Å². The van der Waals surface area contributed by atoms with Crippen molar-refractivity contribution < 1.29 is 4.42 Å². The summed E-state index contributed by atoms with van der Waals surface area (Å²) in [7, 11) is 0. The van der Waals surface area contributed by atoms with E-state index in [1.807, 2.05) is 6.07 Å². The van der Waals surface area contributed by atoms with E-state index >= 15 is 0 Å². The molecule has 0 radical (unpaired) electrons. The number of aromatic nitrogens is 1. The molecule has 0 aliphatic rings. The molecule has 10 aromatic rings. The highest BCUT2D eigenvalue weighted by Crippen LogP contribution is 2.46. The largest absolute Gasteiger partial charge is 0.434 e. The van der Waals surface area contributed by atoms with Gasteiger partial charge in [-0.05, 0) is 80.4 Å². The lowest BCUT2D eigenvalue weighted by Crippen LogP contribution is -2.11. The number of rotatable bonds is 7. The molecule has 0 amide bonds. The van der Waals surface area contributed by atoms with Crippen LogP contribution >= 0.6 is 0 Å². The van der Waals surface area contributed by atoms with E-state index in [0.717, 1.165) is 66.8 Å². The Bertz CT molecular complexity index is 2910. The topological polar surface area (TPSA) is 29.3 Å². The van der Waals surface area contributed by atoms with Crippen LogP contribution in [0.15, 0.2) is 211 Å². The van der Waals surface area contributed by atoms with Crippen LogP contribution in [0.1, 0.15) is 0 Å². The molecule has 1 heterocycles. The third kappa shape index (κ3) is 5.60. The Hall–Kier alpha value is -7.23. The van der Waals surface area contributed by atoms with Crippen LogP contribution in [0, 0.1) is 0 Å². The van der Waals surface area contributed by atoms with Gasteiger partial charge in [-0.15, -0.1) is 0 Å². The first-order valence-electron chi connectivity index (χ1n) is 18.3. The summed E-state index contributed by atoms with van der Waals surface area (Å²) in [6.45, 7) is 0. The number of hydrogen-bond donors (Lipinski definition) is 0. The van der Waals surface area contributed by atoms with E-state index in [4.69, 9.17) is 9.40 Å². The average Bonchev–Trinajstić information content (AvgIpc) is 3.71. The van der Waals surface area contributed by atoms with E-state index in [9.17, 15) is 0 Å². The average molecular weight is 691 g/mol. The molecule has 9 aromatic carbocycles. The van der Waals surface area contributed by atoms with E-state index in [2.05, 4.69) is 205 Å². The molecule has 0 fully saturated rings. The van der Waals surface area contributed by atoms with Gasteiger partial charge in [0, 0.05) is 22.2 Å². The SMILES string of the molecule is c1ccc(-c2ccc(-c3nc4c(o3)c(N(c3ccc(-c5cccc6ccccc56)cc3)c3ccccc3-c3ccccc3)cc3ccccc34)cc2)cc1. The Balaban J connectivity index is 1.18. The lowest BCUT2D eigenvalue weighted by Gasteiger charge is -2.28. The maximum atomic E-state index is 6.90. The Morgan fingerprint density at radius 1 is 0.370 bits per heavy atom. The number of fused-ring (bicyclic) bond motifs is 4. The summed E-state index contributed by atoms with van der Waals surface area (Å²) >= 11 is 0. The van der Waals surface area contributed by atoms with Gasteiger partial charge in [0.25, 0.3) is 0 Å². The van der Waals surface area contributed by atoms with Crippen molar-refractivity contribution in [2.45, 2.75) is 0 Å². The number of anilines is 3. The van der Waals surface area contributed by atoms with Gasteiger partial charge in [0.05, 0.1) is 11.4 Å². The molecule has 0 saturated carbocycles. The van der Waals surface area contributed by atoms with Gasteiger partial charge in [-0.3, -0.25) is 0 Å². The van der Waals surface area contributed by atoms with Gasteiger partial charge in [0.2, 0.25) is 5.89 Å². The van der Waals surface area contributed by atoms with E-state index in [1.165, 1.54) is 21.9 Å². The van der Waals surface area contributed by atoms with Crippen molar-refractivity contribution in [3.63, 3.8) is 0 Å². The van der Waals surface area contributed by atoms with Gasteiger partial charge in [0.15, 0.2) is 5.58 Å². The quantitative estimate of drug-likeness (QED) is 0.167. The molecule has 0 saturated heterocycles. The monoisotopic (exact) mass is 690 g/mol. The summed E-state index contributed by atoms with van der Waals surface area (Å²) in [5.74, 6) is 0.588. The summed E-state index contributed by atoms with van der Waals surface area (Å²) < 4.78 is 6.90. The van der Waals surface area contributed by atoms with Crippen molar-refractivity contribution in [3.05, 3.63) is 206 Å². The molecular weight excluding hydrogens is 657 g/mol. The lowest BCUT2D eigenvalue weighted by molar-refractivity contribution is 0.620. The molecule has 0 bridgehead atoms. The highest BCUT2D eigenvalue weighted by Gasteiger charge is 2.24. The smallest absolute Gasteiger partial charge is 0.227 e. The molecule has 10 rings (SSSR count). The molecule has 0 N–H and O–H groups in total. The molecule has 0 spiro atoms. The Morgan fingerprint density at radius 3 is 1.69 bits per heavy atom. The van der Waals surface area contributed by atoms with Crippen molar-refractivity contribution in [2.75, 3.05) is 4.90 Å². The van der Waals surface area contributed by atoms with Gasteiger partial charge in [0.1, 0.15) is 5.52 Å². The van der Waals surface area contributed by atoms with Crippen molar-refractivity contribution >= 4 is 49.7 Å². The molecule has 0 aliphatic carbocycles. The second-order valence-corrected chi connectivity index (χ2v) is 13.5. The second kappa shape index (κ2) is 13.4. The van der Waals surface area contributed by atoms with Crippen molar-refractivity contribution in [3.8, 4) is 44.8 Å². The van der Waals surface area contributed by atoms with Crippen LogP contribution < -0.4 is 4.90 Å². The van der Waals surface area contributed by atoms with Gasteiger partial charge in [-0.1, -0.05) is 170 Å². The van der Waals surface area contributed by atoms with Crippen LogP contribution in [0.5, 0.6) is 0 Å². The second-order valence-electron chi connectivity index (χ2n) is 13.5. The maximum Gasteiger partial charge on any atom is 0.227 e. The van der Waals surface area contributed by atoms with Crippen LogP contribution in [-0.4, -0.2) is 4.98 Å². The highest BCUT2D eigenvalue weighted by molar-refractivity contribution is 6.12. The van der Waals surface area contributed by atoms with Gasteiger partial charge in [-0.25, -0.2) is 4.98 Å². The molecule has 3 heteroatoms. The standard InChI is InChI=1S/C51H34N2O/c1-3-14-35(15-4-1)36-26-28-40(29-27-36)51-52-49-46-23-10-8-19-41(46)34-48(50(49)54-51)53(47-25-12-11-22-45(47)38-16-5-2-6-17-38)42-32-30-39(31-33-42)44-24-13-20-37-18-7-9-21-43(37)44/h1-34H. The minimum atomic E-state index is 0.588. The summed E-state index contributed by atoms with van der Waals surface area (Å²) in [6, 6.07) is 72.8. The fourth-order valence-electron chi connectivity index (χ4n) is 7.66. The van der Waals surface area contributed by atoms with Crippen LogP contribution in [0.4, 0.5) is 17.1 Å². The minimum Gasteiger partial charge on any atom is -0.434 e. The summed E-state index contributed by atoms with van der Waals surface area (Å²) in [5, 5.41) is 4.61. The fraction of sp³-hybridized carbons (Fsp3) is 0. The summed E-state index contributed by atoms with van der Waals surface area (Å²) in [5.41, 5.74) is 12.4. The lowest BCUT2D eigenvalue weighted by atomic mass is 9.97. The highest BCUT2D eigenvalue weighted by atomic mass is 16.3. The third-order valence-corrected chi connectivity index (χ3v) is 10.3. The summed E-state index contributed by atoms with van der Waals surface area (Å²) in [6.07, 6.45) is 0. The zero-order valence-corrected chi connectivity index (χ0v) is 29.4. The first-order chi connectivity index (χ1) is 26.8. The Kier molecular flexibility index (Phi) is 7.81. The zero-order valence-electron chi connectivity index (χ0n) is 29.4. The van der Waals surface area contributed by atoms with Crippen LogP contribution in [0.2, 0.25) is 0 Å². The van der Waals surface area contributed by atoms with Gasteiger partial charge >= 0.3 is 0 Å². The first kappa shape index (κ1) is 31.5. The number of oxazole rings is 1. The molecular formula is C51H34N2O. The number of para-hydroxylation sites is 1. The van der Waals surface area contributed by atoms with Crippen molar-refractivity contribution in [1.29, 1.82) is 0 Å². The Labute approximate surface area is 314 Å². The predicted octanol–water partition coefficient (Wildman–Crippen LogP) is 14.3. The third-order valence-electron chi connectivity index (χ3n) is 10.3. The van der Waals surface area contributed by atoms with Crippen molar-refractivity contribution in [2.24, 2.45) is 0 Å². The van der Waals surface area contributed by atoms with E-state index in [-0.39, 0.29) is 0 Å². The van der Waals surface area contributed by atoms with E-state index in [1.54, 1.807) is 0 Å². The van der Waals surface area contributed by atoms with E-state index < -0.39 is 0 Å². The van der Waals surface area contributed by atoms with E-state index in [0.29, 0.717) is 5.89 Å². The van der Waals surface area contributed by atoms with Crippen molar-refractivity contribution in [1.82, 2.24) is 4.98 Å². The normalized spacial score (nSPS) is 11.3.